The van der Waals surface area contributed by atoms with Crippen LogP contribution < -0.4 is 0 Å². The molecule has 0 amide bonds. The molecule has 0 bridgehead atoms. The molecule has 2 fully saturated rings. The van der Waals surface area contributed by atoms with Crippen molar-refractivity contribution in [1.29, 1.82) is 5.26 Å². The summed E-state index contributed by atoms with van der Waals surface area (Å²) in [4.78, 5) is 2.17. The molecule has 4 heterocycles. The number of fused-ring (bicyclic) bond motifs is 2. The zero-order valence-electron chi connectivity index (χ0n) is 19.4. The molecule has 1 unspecified atom stereocenters. The molecule has 2 N–H and O–H groups in total. The number of halogens is 3. The largest absolute Gasteiger partial charge is 0.425 e. The number of ether oxygens (including phenoxy) is 1. The highest BCUT2D eigenvalue weighted by Crippen LogP contribution is 2.51. The number of alkyl halides is 3. The van der Waals surface area contributed by atoms with Crippen LogP contribution in [-0.4, -0.2) is 50.7 Å². The van der Waals surface area contributed by atoms with E-state index in [1.54, 1.807) is 10.9 Å². The molecule has 2 aromatic rings. The highest BCUT2D eigenvalue weighted by molar-refractivity contribution is 7.12. The van der Waals surface area contributed by atoms with E-state index in [4.69, 9.17) is 4.74 Å². The zero-order chi connectivity index (χ0) is 24.8. The topological polar surface area (TPSA) is 94.5 Å². The minimum Gasteiger partial charge on any atom is -0.392 e. The first kappa shape index (κ1) is 24.7. The first-order chi connectivity index (χ1) is 16.7. The molecule has 35 heavy (non-hydrogen) atoms. The lowest BCUT2D eigenvalue weighted by molar-refractivity contribution is -0.135. The third-order valence-corrected chi connectivity index (χ3v) is 9.05. The van der Waals surface area contributed by atoms with Crippen molar-refractivity contribution < 1.29 is 28.1 Å². The van der Waals surface area contributed by atoms with Crippen LogP contribution in [0.2, 0.25) is 0 Å². The fourth-order valence-corrected chi connectivity index (χ4v) is 6.90. The minimum atomic E-state index is -4.48. The highest BCUT2D eigenvalue weighted by atomic mass is 32.1. The molecule has 3 aliphatic rings. The third-order valence-electron chi connectivity index (χ3n) is 7.55. The van der Waals surface area contributed by atoms with Crippen molar-refractivity contribution >= 4 is 11.3 Å². The molecular weight excluding hydrogens is 481 g/mol. The first-order valence-corrected chi connectivity index (χ1v) is 12.8. The number of rotatable bonds is 7. The Kier molecular flexibility index (Phi) is 6.47. The van der Waals surface area contributed by atoms with Gasteiger partial charge < -0.3 is 14.9 Å². The van der Waals surface area contributed by atoms with Crippen LogP contribution in [0.15, 0.2) is 12.4 Å². The van der Waals surface area contributed by atoms with Gasteiger partial charge in [0.1, 0.15) is 10.5 Å². The summed E-state index contributed by atoms with van der Waals surface area (Å²) in [6, 6.07) is 2.30. The van der Waals surface area contributed by atoms with Crippen molar-refractivity contribution in [3.8, 4) is 6.07 Å². The highest BCUT2D eigenvalue weighted by Gasteiger charge is 2.47. The van der Waals surface area contributed by atoms with Crippen molar-refractivity contribution in [3.63, 3.8) is 0 Å². The molecule has 1 aliphatic carbocycles. The van der Waals surface area contributed by atoms with Crippen LogP contribution in [0.3, 0.4) is 0 Å². The fraction of sp³-hybridized carbons (Fsp3) is 0.667. The van der Waals surface area contributed by atoms with Gasteiger partial charge in [0, 0.05) is 41.8 Å². The number of hydrogen-bond acceptors (Lipinski definition) is 7. The number of aliphatic hydroxyl groups is 2. The fourth-order valence-electron chi connectivity index (χ4n) is 5.48. The van der Waals surface area contributed by atoms with Crippen LogP contribution in [0.25, 0.3) is 0 Å². The summed E-state index contributed by atoms with van der Waals surface area (Å²) in [5, 5.41) is 33.6. The molecular formula is C24H29F3N4O3S. The lowest BCUT2D eigenvalue weighted by Crippen LogP contribution is -2.45. The molecule has 5 rings (SSSR count). The molecule has 1 atom stereocenters. The summed E-state index contributed by atoms with van der Waals surface area (Å²) in [7, 11) is 0. The van der Waals surface area contributed by atoms with Crippen LogP contribution in [0, 0.1) is 16.7 Å². The maximum Gasteiger partial charge on any atom is 0.425 e. The Bertz CT molecular complexity index is 1110. The van der Waals surface area contributed by atoms with Gasteiger partial charge in [0.2, 0.25) is 0 Å². The van der Waals surface area contributed by atoms with Gasteiger partial charge in [-0.15, -0.1) is 11.3 Å². The predicted octanol–water partition coefficient (Wildman–Crippen LogP) is 3.57. The second-order valence-corrected chi connectivity index (χ2v) is 11.1. The molecule has 1 saturated carbocycles. The molecule has 2 aliphatic heterocycles. The normalized spacial score (nSPS) is 22.1. The molecule has 1 saturated heterocycles. The van der Waals surface area contributed by atoms with E-state index in [9.17, 15) is 28.6 Å². The van der Waals surface area contributed by atoms with Crippen LogP contribution in [-0.2, 0) is 42.6 Å². The van der Waals surface area contributed by atoms with E-state index in [0.717, 1.165) is 29.7 Å². The Hall–Kier alpha value is -1.97. The summed E-state index contributed by atoms with van der Waals surface area (Å²) >= 11 is 0.737. The van der Waals surface area contributed by atoms with Gasteiger partial charge >= 0.3 is 6.18 Å². The van der Waals surface area contributed by atoms with E-state index in [-0.39, 0.29) is 11.0 Å². The minimum absolute atomic E-state index is 0.0135. The Morgan fingerprint density at radius 3 is 2.63 bits per heavy atom. The van der Waals surface area contributed by atoms with E-state index in [1.165, 1.54) is 0 Å². The van der Waals surface area contributed by atoms with Crippen LogP contribution in [0.5, 0.6) is 0 Å². The number of piperidine rings is 1. The predicted molar refractivity (Wildman–Crippen MR) is 121 cm³/mol. The van der Waals surface area contributed by atoms with Crippen molar-refractivity contribution in [2.45, 2.75) is 76.1 Å². The van der Waals surface area contributed by atoms with Gasteiger partial charge in [0.15, 0.2) is 0 Å². The van der Waals surface area contributed by atoms with Gasteiger partial charge in [0.25, 0.3) is 0 Å². The summed E-state index contributed by atoms with van der Waals surface area (Å²) in [5.74, 6) is 0. The van der Waals surface area contributed by atoms with Gasteiger partial charge in [-0.2, -0.15) is 23.5 Å². The quantitative estimate of drug-likeness (QED) is 0.592. The Balaban J connectivity index is 1.21. The van der Waals surface area contributed by atoms with E-state index in [0.29, 0.717) is 68.9 Å². The van der Waals surface area contributed by atoms with Gasteiger partial charge in [-0.1, -0.05) is 0 Å². The molecule has 190 valence electrons. The van der Waals surface area contributed by atoms with Crippen molar-refractivity contribution in [3.05, 3.63) is 38.8 Å². The molecule has 7 nitrogen and oxygen atoms in total. The zero-order valence-corrected chi connectivity index (χ0v) is 20.2. The molecule has 2 aromatic heterocycles. The van der Waals surface area contributed by atoms with Gasteiger partial charge in [-0.3, -0.25) is 9.58 Å². The van der Waals surface area contributed by atoms with Gasteiger partial charge in [-0.25, -0.2) is 0 Å². The Labute approximate surface area is 205 Å². The monoisotopic (exact) mass is 510 g/mol. The maximum absolute atomic E-state index is 13.6. The number of aliphatic hydroxyl groups excluding tert-OH is 2. The lowest BCUT2D eigenvalue weighted by atomic mass is 9.84. The van der Waals surface area contributed by atoms with Gasteiger partial charge in [-0.05, 0) is 44.1 Å². The van der Waals surface area contributed by atoms with Crippen LogP contribution >= 0.6 is 11.3 Å². The third kappa shape index (κ3) is 4.87. The number of nitriles is 1. The van der Waals surface area contributed by atoms with E-state index >= 15 is 0 Å². The Morgan fingerprint density at radius 2 is 2.00 bits per heavy atom. The molecule has 0 radical (unpaired) electrons. The van der Waals surface area contributed by atoms with E-state index in [2.05, 4.69) is 16.1 Å². The number of nitrogens with zero attached hydrogens (tertiary/aromatic N) is 4. The number of likely N-dealkylation sites (tertiary alicyclic amines) is 1. The van der Waals surface area contributed by atoms with Crippen molar-refractivity contribution in [2.24, 2.45) is 5.41 Å². The van der Waals surface area contributed by atoms with Crippen LogP contribution in [0.4, 0.5) is 13.2 Å². The average Bonchev–Trinajstić information content (AvgIpc) is 3.25. The molecule has 1 spiro atoms. The summed E-state index contributed by atoms with van der Waals surface area (Å²) in [5.41, 5.74) is 0.545. The van der Waals surface area contributed by atoms with Gasteiger partial charge in [0.05, 0.1) is 43.5 Å². The SMILES string of the molecule is N#CC1(CC(O)Cn2cc(CN3CCC4(CC3)OCCc3c4sc(C(F)(F)F)c3CO)cn2)CC1. The molecule has 0 aromatic carbocycles. The number of hydrogen-bond donors (Lipinski definition) is 2. The first-order valence-electron chi connectivity index (χ1n) is 12.0. The van der Waals surface area contributed by atoms with Crippen molar-refractivity contribution in [2.75, 3.05) is 19.7 Å². The summed E-state index contributed by atoms with van der Waals surface area (Å²) in [6.07, 6.45) is 2.29. The van der Waals surface area contributed by atoms with E-state index < -0.39 is 29.4 Å². The smallest absolute Gasteiger partial charge is 0.392 e. The van der Waals surface area contributed by atoms with Crippen LogP contribution in [0.1, 0.15) is 58.5 Å². The Morgan fingerprint density at radius 1 is 1.26 bits per heavy atom. The summed E-state index contributed by atoms with van der Waals surface area (Å²) < 4.78 is 48.6. The van der Waals surface area contributed by atoms with Crippen molar-refractivity contribution in [1.82, 2.24) is 14.7 Å². The second-order valence-electron chi connectivity index (χ2n) is 10.1. The summed E-state index contributed by atoms with van der Waals surface area (Å²) in [6.45, 7) is 2.09. The standard InChI is InChI=1S/C24H29F3N4O3S/c25-24(26,27)21-19(14-32)18-1-8-34-23(20(18)35-21)4-6-30(7-5-23)11-16-10-29-31(12-16)13-17(33)9-22(15-28)2-3-22/h10,12,17,32-33H,1-9,11,13-14H2. The molecule has 11 heteroatoms. The number of aromatic nitrogens is 2. The average molecular weight is 511 g/mol. The lowest BCUT2D eigenvalue weighted by Gasteiger charge is -2.43. The second kappa shape index (κ2) is 9.16. The maximum atomic E-state index is 13.6. The van der Waals surface area contributed by atoms with E-state index in [1.807, 2.05) is 6.20 Å². The number of thiophene rings is 1.